The molecule has 3 rings (SSSR count). The summed E-state index contributed by atoms with van der Waals surface area (Å²) in [6, 6.07) is 4.05. The zero-order valence-electron chi connectivity index (χ0n) is 20.5. The van der Waals surface area contributed by atoms with Gasteiger partial charge in [-0.25, -0.2) is 8.42 Å². The summed E-state index contributed by atoms with van der Waals surface area (Å²) in [4.78, 5) is 13.8. The zero-order chi connectivity index (χ0) is 25.1. The molecule has 1 fully saturated rings. The molecule has 0 saturated heterocycles. The van der Waals surface area contributed by atoms with Gasteiger partial charge >= 0.3 is 0 Å². The maximum absolute atomic E-state index is 13.5. The van der Waals surface area contributed by atoms with Crippen molar-refractivity contribution in [1.82, 2.24) is 9.21 Å². The number of benzene rings is 1. The summed E-state index contributed by atoms with van der Waals surface area (Å²) in [5.74, 6) is 5.81. The average molecular weight is 493 g/mol. The fourth-order valence-corrected chi connectivity index (χ4v) is 6.26. The van der Waals surface area contributed by atoms with Crippen molar-refractivity contribution in [2.75, 3.05) is 26.7 Å². The Bertz CT molecular complexity index is 1050. The highest BCUT2D eigenvalue weighted by Crippen LogP contribution is 2.34. The molecule has 8 nitrogen and oxygen atoms in total. The van der Waals surface area contributed by atoms with Crippen LogP contribution >= 0.6 is 0 Å². The average Bonchev–Trinajstić information content (AvgIpc) is 3.25. The van der Waals surface area contributed by atoms with Gasteiger partial charge in [0.1, 0.15) is 22.4 Å². The second-order valence-electron chi connectivity index (χ2n) is 9.52. The van der Waals surface area contributed by atoms with Gasteiger partial charge in [-0.1, -0.05) is 25.7 Å². The number of amides is 1. The van der Waals surface area contributed by atoms with Crippen LogP contribution in [0, 0.1) is 17.8 Å². The molecule has 34 heavy (non-hydrogen) atoms. The number of ether oxygens (including phenoxy) is 1. The zero-order valence-corrected chi connectivity index (χ0v) is 21.3. The molecule has 188 valence electrons. The van der Waals surface area contributed by atoms with E-state index in [0.717, 1.165) is 12.8 Å². The Labute approximate surface area is 202 Å². The Kier molecular flexibility index (Phi) is 8.30. The number of aliphatic hydroxyl groups excluding tert-OH is 1. The van der Waals surface area contributed by atoms with Crippen molar-refractivity contribution in [3.8, 4) is 17.6 Å². The van der Waals surface area contributed by atoms with Gasteiger partial charge in [-0.3, -0.25) is 4.79 Å². The molecule has 1 aliphatic carbocycles. The number of carbonyl (C=O) groups is 1. The first-order valence-electron chi connectivity index (χ1n) is 11.9. The van der Waals surface area contributed by atoms with E-state index in [-0.39, 0.29) is 35.6 Å². The molecule has 0 bridgehead atoms. The smallest absolute Gasteiger partial charge is 0.247 e. The largest absolute Gasteiger partial charge is 0.487 e. The van der Waals surface area contributed by atoms with Crippen LogP contribution in [0.4, 0.5) is 0 Å². The Hall–Kier alpha value is -2.12. The lowest BCUT2D eigenvalue weighted by Crippen LogP contribution is -2.50. The third kappa shape index (κ3) is 5.74. The van der Waals surface area contributed by atoms with Gasteiger partial charge in [-0.05, 0) is 50.8 Å². The second kappa shape index (κ2) is 10.6. The third-order valence-electron chi connectivity index (χ3n) is 6.72. The second-order valence-corrected chi connectivity index (χ2v) is 11.4. The molecule has 1 aromatic carbocycles. The van der Waals surface area contributed by atoms with Crippen LogP contribution in [0.5, 0.6) is 5.75 Å². The number of hydrogen-bond donors (Lipinski definition) is 2. The number of rotatable bonds is 5. The SMILES string of the molecule is CCC(=O)N(C)C[C@@H]1Oc2cc(C#CC3(O)CCCC3)ccc2S(=O)(=O)N([C@H](C)CO)C[C@@H]1C. The topological polar surface area (TPSA) is 107 Å². The molecule has 1 saturated carbocycles. The normalized spacial score (nSPS) is 24.5. The highest BCUT2D eigenvalue weighted by Gasteiger charge is 2.38. The minimum atomic E-state index is -3.95. The molecular formula is C25H36N2O6S. The van der Waals surface area contributed by atoms with E-state index in [0.29, 0.717) is 31.4 Å². The van der Waals surface area contributed by atoms with Crippen LogP contribution < -0.4 is 4.74 Å². The van der Waals surface area contributed by atoms with Gasteiger partial charge in [0.2, 0.25) is 15.9 Å². The standard InChI is InChI=1S/C25H36N2O6S/c1-5-24(29)26(4)16-22-18(2)15-27(19(3)17-28)34(31,32)23-9-8-20(14-21(23)33-22)10-13-25(30)11-6-7-12-25/h8-9,14,18-19,22,28,30H,5-7,11-12,15-17H2,1-4H3/t18-,19+,22-/m0/s1. The van der Waals surface area contributed by atoms with Crippen molar-refractivity contribution in [2.24, 2.45) is 5.92 Å². The van der Waals surface area contributed by atoms with Crippen LogP contribution in [0.15, 0.2) is 23.1 Å². The van der Waals surface area contributed by atoms with Crippen LogP contribution in [0.25, 0.3) is 0 Å². The number of nitrogens with zero attached hydrogens (tertiary/aromatic N) is 2. The van der Waals surface area contributed by atoms with E-state index in [1.807, 2.05) is 6.92 Å². The lowest BCUT2D eigenvalue weighted by molar-refractivity contribution is -0.131. The lowest BCUT2D eigenvalue weighted by Gasteiger charge is -2.37. The maximum atomic E-state index is 13.5. The van der Waals surface area contributed by atoms with Gasteiger partial charge in [0.15, 0.2) is 0 Å². The molecule has 0 radical (unpaired) electrons. The molecule has 9 heteroatoms. The van der Waals surface area contributed by atoms with Crippen molar-refractivity contribution < 1.29 is 28.2 Å². The number of aliphatic hydroxyl groups is 2. The van der Waals surface area contributed by atoms with Gasteiger partial charge in [0.05, 0.1) is 13.2 Å². The number of carbonyl (C=O) groups excluding carboxylic acids is 1. The maximum Gasteiger partial charge on any atom is 0.247 e. The monoisotopic (exact) mass is 492 g/mol. The molecule has 2 aliphatic rings. The number of likely N-dealkylation sites (N-methyl/N-ethyl adjacent to an activating group) is 1. The molecule has 1 amide bonds. The Morgan fingerprint density at radius 2 is 2.03 bits per heavy atom. The summed E-state index contributed by atoms with van der Waals surface area (Å²) in [6.45, 7) is 5.46. The summed E-state index contributed by atoms with van der Waals surface area (Å²) in [5.41, 5.74) is -0.466. The Balaban J connectivity index is 2.05. The first-order chi connectivity index (χ1) is 16.0. The first-order valence-corrected chi connectivity index (χ1v) is 13.4. The summed E-state index contributed by atoms with van der Waals surface area (Å²) < 4.78 is 34.6. The van der Waals surface area contributed by atoms with E-state index in [1.165, 1.54) is 10.4 Å². The van der Waals surface area contributed by atoms with Crippen molar-refractivity contribution in [2.45, 2.75) is 75.5 Å². The molecule has 0 unspecified atom stereocenters. The van der Waals surface area contributed by atoms with Crippen molar-refractivity contribution in [1.29, 1.82) is 0 Å². The van der Waals surface area contributed by atoms with E-state index < -0.39 is 27.8 Å². The highest BCUT2D eigenvalue weighted by atomic mass is 32.2. The van der Waals surface area contributed by atoms with Gasteiger partial charge in [0, 0.05) is 37.5 Å². The summed E-state index contributed by atoms with van der Waals surface area (Å²) in [6.07, 6.45) is 3.00. The van der Waals surface area contributed by atoms with Crippen LogP contribution in [-0.2, 0) is 14.8 Å². The molecule has 1 heterocycles. The Morgan fingerprint density at radius 3 is 2.65 bits per heavy atom. The molecule has 1 aromatic rings. The van der Waals surface area contributed by atoms with E-state index >= 15 is 0 Å². The fourth-order valence-electron chi connectivity index (χ4n) is 4.44. The summed E-state index contributed by atoms with van der Waals surface area (Å²) in [7, 11) is -2.24. The molecule has 2 N–H and O–H groups in total. The lowest BCUT2D eigenvalue weighted by atomic mass is 10.0. The third-order valence-corrected chi connectivity index (χ3v) is 8.74. The number of hydrogen-bond acceptors (Lipinski definition) is 6. The van der Waals surface area contributed by atoms with Crippen LogP contribution in [0.1, 0.15) is 58.4 Å². The number of sulfonamides is 1. The van der Waals surface area contributed by atoms with Crippen LogP contribution in [0.2, 0.25) is 0 Å². The minimum absolute atomic E-state index is 0.000649. The van der Waals surface area contributed by atoms with E-state index in [1.54, 1.807) is 37.9 Å². The van der Waals surface area contributed by atoms with E-state index in [9.17, 15) is 23.4 Å². The summed E-state index contributed by atoms with van der Waals surface area (Å²) >= 11 is 0. The molecule has 1 aliphatic heterocycles. The predicted molar refractivity (Wildman–Crippen MR) is 129 cm³/mol. The number of fused-ring (bicyclic) bond motifs is 1. The van der Waals surface area contributed by atoms with Gasteiger partial charge < -0.3 is 19.8 Å². The van der Waals surface area contributed by atoms with E-state index in [2.05, 4.69) is 11.8 Å². The van der Waals surface area contributed by atoms with Crippen molar-refractivity contribution in [3.63, 3.8) is 0 Å². The first kappa shape index (κ1) is 26.5. The van der Waals surface area contributed by atoms with Gasteiger partial charge in [0.25, 0.3) is 0 Å². The van der Waals surface area contributed by atoms with Gasteiger partial charge in [-0.2, -0.15) is 4.31 Å². The summed E-state index contributed by atoms with van der Waals surface area (Å²) in [5, 5.41) is 20.3. The van der Waals surface area contributed by atoms with E-state index in [4.69, 9.17) is 4.74 Å². The fraction of sp³-hybridized carbons (Fsp3) is 0.640. The van der Waals surface area contributed by atoms with Crippen LogP contribution in [-0.4, -0.2) is 78.2 Å². The molecule has 0 aromatic heterocycles. The minimum Gasteiger partial charge on any atom is -0.487 e. The van der Waals surface area contributed by atoms with Crippen LogP contribution in [0.3, 0.4) is 0 Å². The van der Waals surface area contributed by atoms with Crippen molar-refractivity contribution in [3.05, 3.63) is 23.8 Å². The molecule has 3 atom stereocenters. The van der Waals surface area contributed by atoms with Gasteiger partial charge in [-0.15, -0.1) is 0 Å². The Morgan fingerprint density at radius 1 is 1.35 bits per heavy atom. The molecular weight excluding hydrogens is 456 g/mol. The predicted octanol–water partition coefficient (Wildman–Crippen LogP) is 1.98. The van der Waals surface area contributed by atoms with Crippen molar-refractivity contribution >= 4 is 15.9 Å². The molecule has 0 spiro atoms. The highest BCUT2D eigenvalue weighted by molar-refractivity contribution is 7.89. The quantitative estimate of drug-likeness (QED) is 0.609.